The van der Waals surface area contributed by atoms with Gasteiger partial charge in [-0.3, -0.25) is 4.79 Å². The molecule has 0 heterocycles. The topological polar surface area (TPSA) is 55.8 Å². The number of carbonyl (C=O) groups excluding carboxylic acids is 1. The molecule has 0 bridgehead atoms. The third kappa shape index (κ3) is 9.69. The van der Waals surface area contributed by atoms with Gasteiger partial charge in [0.1, 0.15) is 0 Å². The first-order valence-corrected chi connectivity index (χ1v) is 5.53. The van der Waals surface area contributed by atoms with E-state index in [0.29, 0.717) is 26.1 Å². The summed E-state index contributed by atoms with van der Waals surface area (Å²) in [4.78, 5) is 11.0. The highest BCUT2D eigenvalue weighted by Crippen LogP contribution is 2.07. The van der Waals surface area contributed by atoms with Crippen LogP contribution in [-0.2, 0) is 14.3 Å². The van der Waals surface area contributed by atoms with Gasteiger partial charge in [0.25, 0.3) is 0 Å². The van der Waals surface area contributed by atoms with Gasteiger partial charge in [0.2, 0.25) is 0 Å². The molecule has 0 saturated carbocycles. The molecule has 0 aliphatic carbocycles. The molecule has 15 heavy (non-hydrogen) atoms. The summed E-state index contributed by atoms with van der Waals surface area (Å²) >= 11 is 0. The summed E-state index contributed by atoms with van der Waals surface area (Å²) in [5.41, 5.74) is 0. The number of aliphatic hydroxyl groups is 1. The summed E-state index contributed by atoms with van der Waals surface area (Å²) in [6.07, 6.45) is 3.16. The maximum atomic E-state index is 11.0. The number of unbranched alkanes of at least 4 members (excludes halogenated alkanes) is 1. The second kappa shape index (κ2) is 9.93. The van der Waals surface area contributed by atoms with Crippen molar-refractivity contribution in [3.8, 4) is 0 Å². The van der Waals surface area contributed by atoms with E-state index in [0.717, 1.165) is 19.3 Å². The SMILES string of the molecule is CCOC(=O)CCCCC(O)CCOC. The van der Waals surface area contributed by atoms with Gasteiger partial charge in [0, 0.05) is 20.1 Å². The molecule has 0 rings (SSSR count). The van der Waals surface area contributed by atoms with Gasteiger partial charge in [0.15, 0.2) is 0 Å². The Bertz CT molecular complexity index is 159. The molecule has 1 unspecified atom stereocenters. The number of aliphatic hydroxyl groups excluding tert-OH is 1. The van der Waals surface area contributed by atoms with Crippen molar-refractivity contribution in [2.75, 3.05) is 20.3 Å². The molecule has 0 fully saturated rings. The van der Waals surface area contributed by atoms with Gasteiger partial charge in [-0.05, 0) is 26.2 Å². The van der Waals surface area contributed by atoms with Crippen molar-refractivity contribution in [1.29, 1.82) is 0 Å². The Hall–Kier alpha value is -0.610. The average Bonchev–Trinajstić information content (AvgIpc) is 2.22. The van der Waals surface area contributed by atoms with Gasteiger partial charge in [-0.2, -0.15) is 0 Å². The lowest BCUT2D eigenvalue weighted by Gasteiger charge is -2.09. The van der Waals surface area contributed by atoms with Crippen LogP contribution in [0.2, 0.25) is 0 Å². The van der Waals surface area contributed by atoms with E-state index in [4.69, 9.17) is 9.47 Å². The quantitative estimate of drug-likeness (QED) is 0.471. The summed E-state index contributed by atoms with van der Waals surface area (Å²) in [7, 11) is 1.62. The molecule has 0 aromatic heterocycles. The van der Waals surface area contributed by atoms with E-state index >= 15 is 0 Å². The van der Waals surface area contributed by atoms with Crippen molar-refractivity contribution in [1.82, 2.24) is 0 Å². The van der Waals surface area contributed by atoms with Gasteiger partial charge in [0.05, 0.1) is 12.7 Å². The second-order valence-corrected chi connectivity index (χ2v) is 3.49. The second-order valence-electron chi connectivity index (χ2n) is 3.49. The first-order chi connectivity index (χ1) is 7.20. The van der Waals surface area contributed by atoms with Crippen molar-refractivity contribution in [3.63, 3.8) is 0 Å². The van der Waals surface area contributed by atoms with Crippen LogP contribution in [0, 0.1) is 0 Å². The highest BCUT2D eigenvalue weighted by atomic mass is 16.5. The summed E-state index contributed by atoms with van der Waals surface area (Å²) in [5.74, 6) is -0.149. The van der Waals surface area contributed by atoms with Crippen LogP contribution in [0.15, 0.2) is 0 Å². The van der Waals surface area contributed by atoms with Crippen LogP contribution in [-0.4, -0.2) is 37.5 Å². The van der Waals surface area contributed by atoms with Gasteiger partial charge in [-0.1, -0.05) is 6.42 Å². The lowest BCUT2D eigenvalue weighted by atomic mass is 10.1. The van der Waals surface area contributed by atoms with E-state index < -0.39 is 0 Å². The van der Waals surface area contributed by atoms with E-state index in [1.54, 1.807) is 14.0 Å². The Kier molecular flexibility index (Phi) is 9.52. The number of esters is 1. The maximum Gasteiger partial charge on any atom is 0.305 e. The van der Waals surface area contributed by atoms with Crippen LogP contribution in [0.5, 0.6) is 0 Å². The van der Waals surface area contributed by atoms with Crippen LogP contribution >= 0.6 is 0 Å². The zero-order valence-electron chi connectivity index (χ0n) is 9.70. The lowest BCUT2D eigenvalue weighted by molar-refractivity contribution is -0.143. The smallest absolute Gasteiger partial charge is 0.305 e. The molecular formula is C11H22O4. The molecule has 0 aliphatic heterocycles. The number of carbonyl (C=O) groups is 1. The van der Waals surface area contributed by atoms with Crippen LogP contribution < -0.4 is 0 Å². The van der Waals surface area contributed by atoms with Crippen molar-refractivity contribution < 1.29 is 19.4 Å². The predicted molar refractivity (Wildman–Crippen MR) is 57.6 cm³/mol. The molecule has 0 aliphatic rings. The first-order valence-electron chi connectivity index (χ1n) is 5.53. The Morgan fingerprint density at radius 1 is 1.33 bits per heavy atom. The summed E-state index contributed by atoms with van der Waals surface area (Å²) in [6.45, 7) is 2.82. The van der Waals surface area contributed by atoms with Gasteiger partial charge in [-0.15, -0.1) is 0 Å². The molecule has 1 N–H and O–H groups in total. The van der Waals surface area contributed by atoms with E-state index in [9.17, 15) is 9.90 Å². The minimum Gasteiger partial charge on any atom is -0.466 e. The highest BCUT2D eigenvalue weighted by molar-refractivity contribution is 5.69. The standard InChI is InChI=1S/C11H22O4/c1-3-15-11(13)7-5-4-6-10(12)8-9-14-2/h10,12H,3-9H2,1-2H3. The molecule has 0 aromatic carbocycles. The fourth-order valence-electron chi connectivity index (χ4n) is 1.28. The Labute approximate surface area is 91.6 Å². The minimum atomic E-state index is -0.313. The number of rotatable bonds is 9. The van der Waals surface area contributed by atoms with Crippen LogP contribution in [0.25, 0.3) is 0 Å². The zero-order chi connectivity index (χ0) is 11.5. The fourth-order valence-corrected chi connectivity index (χ4v) is 1.28. The van der Waals surface area contributed by atoms with Crippen molar-refractivity contribution in [3.05, 3.63) is 0 Å². The molecule has 0 amide bonds. The molecule has 4 heteroatoms. The van der Waals surface area contributed by atoms with Crippen molar-refractivity contribution >= 4 is 5.97 Å². The van der Waals surface area contributed by atoms with E-state index in [1.165, 1.54) is 0 Å². The molecule has 0 spiro atoms. The third-order valence-electron chi connectivity index (χ3n) is 2.13. The predicted octanol–water partition coefficient (Wildman–Crippen LogP) is 1.51. The van der Waals surface area contributed by atoms with E-state index in [2.05, 4.69) is 0 Å². The molecule has 90 valence electrons. The third-order valence-corrected chi connectivity index (χ3v) is 2.13. The van der Waals surface area contributed by atoms with Gasteiger partial charge in [-0.25, -0.2) is 0 Å². The van der Waals surface area contributed by atoms with E-state index in [1.807, 2.05) is 0 Å². The van der Waals surface area contributed by atoms with Gasteiger partial charge >= 0.3 is 5.97 Å². The lowest BCUT2D eigenvalue weighted by Crippen LogP contribution is -2.10. The zero-order valence-corrected chi connectivity index (χ0v) is 9.70. The van der Waals surface area contributed by atoms with Crippen molar-refractivity contribution in [2.24, 2.45) is 0 Å². The molecule has 0 saturated heterocycles. The van der Waals surface area contributed by atoms with Crippen LogP contribution in [0.1, 0.15) is 39.0 Å². The number of hydrogen-bond acceptors (Lipinski definition) is 4. The number of ether oxygens (including phenoxy) is 2. The number of methoxy groups -OCH3 is 1. The average molecular weight is 218 g/mol. The summed E-state index contributed by atoms with van der Waals surface area (Å²) in [6, 6.07) is 0. The molecule has 4 nitrogen and oxygen atoms in total. The van der Waals surface area contributed by atoms with Crippen molar-refractivity contribution in [2.45, 2.75) is 45.1 Å². The fraction of sp³-hybridized carbons (Fsp3) is 0.909. The molecular weight excluding hydrogens is 196 g/mol. The Morgan fingerprint density at radius 3 is 2.67 bits per heavy atom. The number of hydrogen-bond donors (Lipinski definition) is 1. The monoisotopic (exact) mass is 218 g/mol. The first kappa shape index (κ1) is 14.4. The molecule has 1 atom stereocenters. The molecule has 0 aromatic rings. The maximum absolute atomic E-state index is 11.0. The Morgan fingerprint density at radius 2 is 2.07 bits per heavy atom. The normalized spacial score (nSPS) is 12.5. The van der Waals surface area contributed by atoms with Gasteiger partial charge < -0.3 is 14.6 Å². The Balaban J connectivity index is 3.26. The molecule has 0 radical (unpaired) electrons. The van der Waals surface area contributed by atoms with Crippen LogP contribution in [0.4, 0.5) is 0 Å². The largest absolute Gasteiger partial charge is 0.466 e. The minimum absolute atomic E-state index is 0.149. The summed E-state index contributed by atoms with van der Waals surface area (Å²) < 4.78 is 9.65. The summed E-state index contributed by atoms with van der Waals surface area (Å²) in [5, 5.41) is 9.45. The van der Waals surface area contributed by atoms with Crippen LogP contribution in [0.3, 0.4) is 0 Å². The highest BCUT2D eigenvalue weighted by Gasteiger charge is 2.05. The van der Waals surface area contributed by atoms with E-state index in [-0.39, 0.29) is 12.1 Å².